The molecule has 0 fully saturated rings. The van der Waals surface area contributed by atoms with Crippen molar-refractivity contribution in [3.8, 4) is 67.5 Å². The number of nitrogens with zero attached hydrogens (tertiary/aromatic N) is 3. The first kappa shape index (κ1) is 29.5. The Morgan fingerprint density at radius 3 is 1.77 bits per heavy atom. The lowest BCUT2D eigenvalue weighted by atomic mass is 9.95. The highest BCUT2D eigenvalue weighted by Gasteiger charge is 2.19. The first-order chi connectivity index (χ1) is 31.8. The maximum atomic E-state index is 8.80. The highest BCUT2D eigenvalue weighted by atomic mass is 32.1. The first-order valence-corrected chi connectivity index (χ1v) is 20.5. The van der Waals surface area contributed by atoms with E-state index in [-0.39, 0.29) is 29.7 Å². The summed E-state index contributed by atoms with van der Waals surface area (Å²) in [6.07, 6.45) is 0. The van der Waals surface area contributed by atoms with E-state index in [9.17, 15) is 0 Å². The van der Waals surface area contributed by atoms with Crippen LogP contribution in [0.4, 0.5) is 0 Å². The summed E-state index contributed by atoms with van der Waals surface area (Å²) >= 11 is 1.56. The second-order valence-corrected chi connectivity index (χ2v) is 15.8. The number of rotatable bonds is 6. The van der Waals surface area contributed by atoms with Gasteiger partial charge in [0.15, 0.2) is 17.5 Å². The van der Waals surface area contributed by atoms with Gasteiger partial charge >= 0.3 is 0 Å². The topological polar surface area (TPSA) is 51.8 Å². The molecule has 0 unspecified atom stereocenters. The molecule has 0 radical (unpaired) electrons. The molecule has 0 bridgehead atoms. The fourth-order valence-corrected chi connectivity index (χ4v) is 9.72. The molecule has 0 saturated heterocycles. The van der Waals surface area contributed by atoms with E-state index in [0.717, 1.165) is 91.8 Å². The van der Waals surface area contributed by atoms with Crippen LogP contribution in [0.2, 0.25) is 0 Å². The van der Waals surface area contributed by atoms with Crippen LogP contribution in [0.1, 0.15) is 6.85 Å². The third-order valence-electron chi connectivity index (χ3n) is 11.2. The average molecular weight is 789 g/mol. The first-order valence-electron chi connectivity index (χ1n) is 22.2. The van der Waals surface area contributed by atoms with Crippen molar-refractivity contribution in [3.63, 3.8) is 0 Å². The molecule has 4 nitrogen and oxygen atoms in total. The molecule has 5 heteroatoms. The summed E-state index contributed by atoms with van der Waals surface area (Å²) in [5.41, 5.74) is 8.94. The lowest BCUT2D eigenvalue weighted by Gasteiger charge is -2.13. The van der Waals surface area contributed by atoms with Gasteiger partial charge in [0.05, 0.1) is 6.85 Å². The van der Waals surface area contributed by atoms with Crippen LogP contribution in [0.3, 0.4) is 0 Å². The van der Waals surface area contributed by atoms with Crippen molar-refractivity contribution in [2.75, 3.05) is 0 Å². The molecule has 0 aliphatic rings. The lowest BCUT2D eigenvalue weighted by molar-refractivity contribution is 0.669. The Hall–Kier alpha value is -7.73. The molecule has 0 saturated carbocycles. The second kappa shape index (κ2) is 14.0. The van der Waals surface area contributed by atoms with Crippen molar-refractivity contribution in [3.05, 3.63) is 200 Å². The predicted octanol–water partition coefficient (Wildman–Crippen LogP) is 15.3. The zero-order valence-corrected chi connectivity index (χ0v) is 32.6. The monoisotopic (exact) mass is 788 g/mol. The number of thiophene rings is 1. The number of benzene rings is 9. The zero-order chi connectivity index (χ0) is 43.9. The van der Waals surface area contributed by atoms with Gasteiger partial charge in [0, 0.05) is 47.6 Å². The van der Waals surface area contributed by atoms with Crippen LogP contribution in [0.15, 0.2) is 204 Å². The summed E-state index contributed by atoms with van der Waals surface area (Å²) in [4.78, 5) is 15.7. The molecule has 0 spiro atoms. The Kier molecular flexibility index (Phi) is 6.87. The smallest absolute Gasteiger partial charge is 0.164 e. The van der Waals surface area contributed by atoms with Crippen LogP contribution in [-0.2, 0) is 0 Å². The normalized spacial score (nSPS) is 12.8. The summed E-state index contributed by atoms with van der Waals surface area (Å²) in [7, 11) is 0. The zero-order valence-electron chi connectivity index (χ0n) is 36.8. The Labute approximate surface area is 356 Å². The quantitative estimate of drug-likeness (QED) is 0.168. The molecule has 0 atom stereocenters. The number of fused-ring (bicyclic) bond motifs is 7. The van der Waals surface area contributed by atoms with Crippen LogP contribution < -0.4 is 0 Å². The SMILES string of the molecule is [2H]c1c([2H])c([2H])c(-c2cccc3c2sc2c(-c4cc(-c5nc(-c6cccc(-c7ccccc7)c6)nc(-c6ccc7c(c6)oc6ccccc67)n5)c5ccccc5c4)cccc23)c([2H])c1[2H]. The Bertz CT molecular complexity index is 3890. The molecule has 3 aromatic heterocycles. The Morgan fingerprint density at radius 1 is 0.367 bits per heavy atom. The largest absolute Gasteiger partial charge is 0.456 e. The molecule has 280 valence electrons. The number of furan rings is 1. The van der Waals surface area contributed by atoms with Gasteiger partial charge in [-0.15, -0.1) is 11.3 Å². The maximum Gasteiger partial charge on any atom is 0.164 e. The number of hydrogen-bond acceptors (Lipinski definition) is 5. The maximum absolute atomic E-state index is 8.80. The van der Waals surface area contributed by atoms with E-state index in [1.807, 2.05) is 97.1 Å². The minimum absolute atomic E-state index is 0.193. The lowest BCUT2D eigenvalue weighted by Crippen LogP contribution is -2.01. The highest BCUT2D eigenvalue weighted by Crippen LogP contribution is 2.45. The van der Waals surface area contributed by atoms with Crippen LogP contribution in [0.5, 0.6) is 0 Å². The second-order valence-electron chi connectivity index (χ2n) is 14.8. The van der Waals surface area contributed by atoms with Crippen molar-refractivity contribution in [2.24, 2.45) is 0 Å². The van der Waals surface area contributed by atoms with Gasteiger partial charge < -0.3 is 4.42 Å². The Morgan fingerprint density at radius 2 is 0.967 bits per heavy atom. The van der Waals surface area contributed by atoms with Crippen molar-refractivity contribution < 1.29 is 11.3 Å². The van der Waals surface area contributed by atoms with Gasteiger partial charge in [0.1, 0.15) is 11.2 Å². The van der Waals surface area contributed by atoms with Gasteiger partial charge in [-0.2, -0.15) is 0 Å². The average Bonchev–Trinajstić information content (AvgIpc) is 3.94. The van der Waals surface area contributed by atoms with Crippen molar-refractivity contribution >= 4 is 64.2 Å². The molecule has 12 aromatic rings. The third kappa shape index (κ3) is 5.78. The number of aromatic nitrogens is 3. The van der Waals surface area contributed by atoms with E-state index in [1.54, 1.807) is 11.3 Å². The molecule has 0 N–H and O–H groups in total. The van der Waals surface area contributed by atoms with Crippen LogP contribution in [-0.4, -0.2) is 15.0 Å². The third-order valence-corrected chi connectivity index (χ3v) is 12.5. The molecular weight excluding hydrogens is 751 g/mol. The van der Waals surface area contributed by atoms with Crippen molar-refractivity contribution in [1.82, 2.24) is 15.0 Å². The van der Waals surface area contributed by atoms with Gasteiger partial charge in [-0.1, -0.05) is 164 Å². The van der Waals surface area contributed by atoms with Gasteiger partial charge in [-0.25, -0.2) is 15.0 Å². The molecule has 3 heterocycles. The van der Waals surface area contributed by atoms with E-state index in [0.29, 0.717) is 23.0 Å². The van der Waals surface area contributed by atoms with Crippen LogP contribution in [0.25, 0.3) is 120 Å². The van der Waals surface area contributed by atoms with E-state index in [1.165, 1.54) is 0 Å². The van der Waals surface area contributed by atoms with E-state index >= 15 is 0 Å². The van der Waals surface area contributed by atoms with Crippen LogP contribution in [0, 0.1) is 0 Å². The van der Waals surface area contributed by atoms with Crippen molar-refractivity contribution in [1.29, 1.82) is 0 Å². The summed E-state index contributed by atoms with van der Waals surface area (Å²) in [6.45, 7) is 0. The molecule has 60 heavy (non-hydrogen) atoms. The molecular formula is C55H33N3OS. The summed E-state index contributed by atoms with van der Waals surface area (Å²) in [5, 5.41) is 6.02. The van der Waals surface area contributed by atoms with Gasteiger partial charge in [0.2, 0.25) is 0 Å². The van der Waals surface area contributed by atoms with E-state index in [4.69, 9.17) is 26.2 Å². The standard InChI is InChI=1S/C55H33N3OS/c1-3-14-34(15-4-1)36-19-11-20-38(30-36)53-56-54(39-28-29-45-44-22-9-10-27-49(44)59-50(45)33-39)58-55(57-53)48-32-40(31-37-18-7-8-21-41(37)48)43-24-13-26-47-46-25-12-23-42(51(46)60-52(43)47)35-16-5-2-6-17-35/h1-33H/i2D,5D,6D,16D,17D. The van der Waals surface area contributed by atoms with Crippen LogP contribution >= 0.6 is 11.3 Å². The molecule has 0 aliphatic carbocycles. The molecule has 9 aromatic carbocycles. The fraction of sp³-hybridized carbons (Fsp3) is 0. The predicted molar refractivity (Wildman–Crippen MR) is 250 cm³/mol. The van der Waals surface area contributed by atoms with E-state index in [2.05, 4.69) is 72.8 Å². The molecule has 12 rings (SSSR count). The van der Waals surface area contributed by atoms with Gasteiger partial charge in [0.25, 0.3) is 0 Å². The van der Waals surface area contributed by atoms with Gasteiger partial charge in [-0.3, -0.25) is 0 Å². The minimum Gasteiger partial charge on any atom is -0.456 e. The summed E-state index contributed by atoms with van der Waals surface area (Å²) in [5.74, 6) is 1.57. The van der Waals surface area contributed by atoms with E-state index < -0.39 is 6.04 Å². The molecule has 0 amide bonds. The van der Waals surface area contributed by atoms with Crippen molar-refractivity contribution in [2.45, 2.75) is 0 Å². The highest BCUT2D eigenvalue weighted by molar-refractivity contribution is 7.26. The number of hydrogen-bond donors (Lipinski definition) is 0. The Balaban J connectivity index is 1.07. The molecule has 0 aliphatic heterocycles. The summed E-state index contributed by atoms with van der Waals surface area (Å²) < 4.78 is 50.8. The fourth-order valence-electron chi connectivity index (χ4n) is 8.37. The minimum atomic E-state index is -0.410. The number of para-hydroxylation sites is 1. The van der Waals surface area contributed by atoms with Gasteiger partial charge in [-0.05, 0) is 80.6 Å². The summed E-state index contributed by atoms with van der Waals surface area (Å²) in [6, 6.07) is 55.8.